The van der Waals surface area contributed by atoms with E-state index in [0.717, 1.165) is 24.3 Å². The van der Waals surface area contributed by atoms with Gasteiger partial charge in [0.05, 0.1) is 31.2 Å². The van der Waals surface area contributed by atoms with Crippen LogP contribution in [0.3, 0.4) is 0 Å². The zero-order valence-corrected chi connectivity index (χ0v) is 17.5. The Hall–Kier alpha value is -1.94. The largest absolute Gasteiger partial charge is 0.449 e. The number of carbonyl (C=O) groups is 2. The number of hydrogen-bond acceptors (Lipinski definition) is 5. The van der Waals surface area contributed by atoms with Gasteiger partial charge in [-0.2, -0.15) is 8.78 Å². The molecule has 1 amide bonds. The summed E-state index contributed by atoms with van der Waals surface area (Å²) in [6, 6.07) is 6.33. The number of anilines is 1. The first-order valence-electron chi connectivity index (χ1n) is 7.72. The lowest BCUT2D eigenvalue weighted by molar-refractivity contribution is -0.123. The fraction of sp³-hybridized carbons (Fsp3) is 0.176. The van der Waals surface area contributed by atoms with Crippen molar-refractivity contribution in [2.45, 2.75) is 23.7 Å². The number of alkyl halides is 2. The number of amides is 1. The lowest BCUT2D eigenvalue weighted by atomic mass is 10.2. The minimum absolute atomic E-state index is 0.113. The van der Waals surface area contributed by atoms with E-state index >= 15 is 0 Å². The molecule has 0 aromatic heterocycles. The fourth-order valence-corrected chi connectivity index (χ4v) is 3.33. The van der Waals surface area contributed by atoms with E-state index in [2.05, 4.69) is 5.32 Å². The summed E-state index contributed by atoms with van der Waals surface area (Å²) in [5, 5.41) is 2.87. The minimum Gasteiger partial charge on any atom is -0.449 e. The molecular formula is C17H12Cl3F2NO5S. The van der Waals surface area contributed by atoms with E-state index in [1.54, 1.807) is 0 Å². The summed E-state index contributed by atoms with van der Waals surface area (Å²) >= 11 is 17.6. The summed E-state index contributed by atoms with van der Waals surface area (Å²) < 4.78 is 52.8. The number of carbonyl (C=O) groups excluding carboxylic acids is 2. The van der Waals surface area contributed by atoms with E-state index in [-0.39, 0.29) is 26.3 Å². The molecule has 1 atom stereocenters. The highest BCUT2D eigenvalue weighted by Crippen LogP contribution is 2.32. The van der Waals surface area contributed by atoms with Crippen molar-refractivity contribution < 1.29 is 31.5 Å². The van der Waals surface area contributed by atoms with Crippen LogP contribution in [0.2, 0.25) is 15.1 Å². The van der Waals surface area contributed by atoms with E-state index in [1.807, 2.05) is 0 Å². The molecule has 2 aromatic rings. The standard InChI is InChI=1S/C17H12Cl3F2NO5S/c1-8(15(24)23-14-7-12(19)11(18)6-13(14)20)28-16(25)9-2-4-10(5-3-9)29(26,27)17(21)22/h2-8,17H,1H3,(H,23,24). The first-order chi connectivity index (χ1) is 13.4. The minimum atomic E-state index is -4.78. The van der Waals surface area contributed by atoms with E-state index in [9.17, 15) is 26.8 Å². The third-order valence-corrected chi connectivity index (χ3v) is 6.01. The van der Waals surface area contributed by atoms with Crippen molar-refractivity contribution in [3.63, 3.8) is 0 Å². The van der Waals surface area contributed by atoms with Crippen LogP contribution >= 0.6 is 34.8 Å². The third-order valence-electron chi connectivity index (χ3n) is 3.57. The van der Waals surface area contributed by atoms with Crippen LogP contribution in [0.15, 0.2) is 41.3 Å². The second-order valence-electron chi connectivity index (χ2n) is 5.61. The molecule has 29 heavy (non-hydrogen) atoms. The summed E-state index contributed by atoms with van der Waals surface area (Å²) in [6.07, 6.45) is -1.27. The van der Waals surface area contributed by atoms with Gasteiger partial charge in [-0.3, -0.25) is 4.79 Å². The van der Waals surface area contributed by atoms with E-state index < -0.39 is 38.5 Å². The SMILES string of the molecule is CC(OC(=O)c1ccc(S(=O)(=O)C(F)F)cc1)C(=O)Nc1cc(Cl)c(Cl)cc1Cl. The van der Waals surface area contributed by atoms with Gasteiger partial charge in [0, 0.05) is 0 Å². The Balaban J connectivity index is 2.07. The molecule has 0 spiro atoms. The number of hydrogen-bond donors (Lipinski definition) is 1. The van der Waals surface area contributed by atoms with Gasteiger partial charge >= 0.3 is 11.7 Å². The van der Waals surface area contributed by atoms with Crippen molar-refractivity contribution in [3.05, 3.63) is 57.0 Å². The van der Waals surface area contributed by atoms with Crippen molar-refractivity contribution >= 4 is 62.2 Å². The maximum absolute atomic E-state index is 12.5. The number of nitrogens with one attached hydrogen (secondary N) is 1. The average Bonchev–Trinajstić information content (AvgIpc) is 2.65. The first-order valence-corrected chi connectivity index (χ1v) is 10.4. The van der Waals surface area contributed by atoms with Crippen LogP contribution in [0.5, 0.6) is 0 Å². The maximum Gasteiger partial charge on any atom is 0.341 e. The number of ether oxygens (including phenoxy) is 1. The molecule has 0 aliphatic rings. The van der Waals surface area contributed by atoms with Crippen LogP contribution < -0.4 is 5.32 Å². The van der Waals surface area contributed by atoms with E-state index in [1.165, 1.54) is 19.1 Å². The third kappa shape index (κ3) is 5.57. The smallest absolute Gasteiger partial charge is 0.341 e. The van der Waals surface area contributed by atoms with Crippen molar-refractivity contribution in [3.8, 4) is 0 Å². The van der Waals surface area contributed by atoms with Crippen molar-refractivity contribution in [1.82, 2.24) is 0 Å². The summed E-state index contributed by atoms with van der Waals surface area (Å²) in [5.74, 6) is -5.28. The van der Waals surface area contributed by atoms with E-state index in [4.69, 9.17) is 39.5 Å². The Labute approximate surface area is 179 Å². The second kappa shape index (κ2) is 9.25. The van der Waals surface area contributed by atoms with Gasteiger partial charge in [0.2, 0.25) is 9.84 Å². The predicted molar refractivity (Wildman–Crippen MR) is 105 cm³/mol. The van der Waals surface area contributed by atoms with Crippen LogP contribution in [-0.2, 0) is 19.4 Å². The Kier molecular flexibility index (Phi) is 7.45. The van der Waals surface area contributed by atoms with Crippen LogP contribution in [0.4, 0.5) is 14.5 Å². The molecule has 2 aromatic carbocycles. The summed E-state index contributed by atoms with van der Waals surface area (Å²) in [4.78, 5) is 23.7. The van der Waals surface area contributed by atoms with Crippen molar-refractivity contribution in [2.24, 2.45) is 0 Å². The summed E-state index contributed by atoms with van der Waals surface area (Å²) in [6.45, 7) is 1.29. The number of halogens is 5. The Bertz CT molecular complexity index is 1050. The molecule has 0 bridgehead atoms. The van der Waals surface area contributed by atoms with Crippen molar-refractivity contribution in [1.29, 1.82) is 0 Å². The molecule has 156 valence electrons. The predicted octanol–water partition coefficient (Wildman–Crippen LogP) is 4.83. The highest BCUT2D eigenvalue weighted by molar-refractivity contribution is 7.91. The molecule has 0 radical (unpaired) electrons. The molecule has 2 rings (SSSR count). The molecule has 6 nitrogen and oxygen atoms in total. The van der Waals surface area contributed by atoms with Gasteiger partial charge in [0.25, 0.3) is 5.91 Å². The number of sulfone groups is 1. The topological polar surface area (TPSA) is 89.5 Å². The summed E-state index contributed by atoms with van der Waals surface area (Å²) in [7, 11) is -4.78. The van der Waals surface area contributed by atoms with Gasteiger partial charge in [-0.05, 0) is 43.3 Å². The lowest BCUT2D eigenvalue weighted by Gasteiger charge is -2.15. The average molecular weight is 487 g/mol. The normalized spacial score (nSPS) is 12.5. The Morgan fingerprint density at radius 3 is 2.10 bits per heavy atom. The van der Waals surface area contributed by atoms with Gasteiger partial charge in [0.1, 0.15) is 0 Å². The number of rotatable bonds is 6. The van der Waals surface area contributed by atoms with Gasteiger partial charge in [-0.25, -0.2) is 13.2 Å². The zero-order chi connectivity index (χ0) is 21.9. The molecule has 1 unspecified atom stereocenters. The Morgan fingerprint density at radius 1 is 1.00 bits per heavy atom. The summed E-state index contributed by atoms with van der Waals surface area (Å²) in [5.41, 5.74) is 0.0148. The Morgan fingerprint density at radius 2 is 1.55 bits per heavy atom. The highest BCUT2D eigenvalue weighted by atomic mass is 35.5. The monoisotopic (exact) mass is 485 g/mol. The van der Waals surface area contributed by atoms with Crippen molar-refractivity contribution in [2.75, 3.05) is 5.32 Å². The maximum atomic E-state index is 12.5. The molecule has 0 aliphatic carbocycles. The second-order valence-corrected chi connectivity index (χ2v) is 8.75. The quantitative estimate of drug-likeness (QED) is 0.467. The first kappa shape index (κ1) is 23.3. The fourth-order valence-electron chi connectivity index (χ4n) is 2.02. The van der Waals surface area contributed by atoms with Crippen LogP contribution in [0.25, 0.3) is 0 Å². The lowest BCUT2D eigenvalue weighted by Crippen LogP contribution is -2.30. The van der Waals surface area contributed by atoms with Crippen LogP contribution in [0, 0.1) is 0 Å². The molecule has 0 aliphatic heterocycles. The number of esters is 1. The molecular weight excluding hydrogens is 475 g/mol. The molecule has 12 heteroatoms. The number of benzene rings is 2. The zero-order valence-electron chi connectivity index (χ0n) is 14.5. The van der Waals surface area contributed by atoms with Gasteiger partial charge in [0.15, 0.2) is 6.10 Å². The highest BCUT2D eigenvalue weighted by Gasteiger charge is 2.27. The van der Waals surface area contributed by atoms with Gasteiger partial charge < -0.3 is 10.1 Å². The molecule has 0 saturated carbocycles. The van der Waals surface area contributed by atoms with Crippen LogP contribution in [-0.4, -0.2) is 32.2 Å². The van der Waals surface area contributed by atoms with Gasteiger partial charge in [-0.1, -0.05) is 34.8 Å². The molecule has 0 fully saturated rings. The molecule has 1 N–H and O–H groups in total. The van der Waals surface area contributed by atoms with E-state index in [0.29, 0.717) is 0 Å². The molecule has 0 saturated heterocycles. The van der Waals surface area contributed by atoms with Gasteiger partial charge in [-0.15, -0.1) is 0 Å². The van der Waals surface area contributed by atoms with Crippen LogP contribution in [0.1, 0.15) is 17.3 Å². The molecule has 0 heterocycles.